The molecule has 10 heteroatoms. The summed E-state index contributed by atoms with van der Waals surface area (Å²) >= 11 is 0. The predicted octanol–water partition coefficient (Wildman–Crippen LogP) is 3.32. The van der Waals surface area contributed by atoms with Crippen molar-refractivity contribution in [2.75, 3.05) is 11.9 Å². The Balaban J connectivity index is 1.86. The number of hydrogen-bond donors (Lipinski definition) is 2. The number of rotatable bonds is 3. The van der Waals surface area contributed by atoms with Gasteiger partial charge in [0, 0.05) is 18.0 Å². The van der Waals surface area contributed by atoms with Crippen molar-refractivity contribution in [1.82, 2.24) is 9.88 Å². The van der Waals surface area contributed by atoms with E-state index in [1.165, 1.54) is 11.0 Å². The average molecular weight is 428 g/mol. The zero-order valence-electron chi connectivity index (χ0n) is 17.6. The Labute approximate surface area is 173 Å². The van der Waals surface area contributed by atoms with E-state index in [4.69, 9.17) is 10.5 Å². The van der Waals surface area contributed by atoms with E-state index in [1.54, 1.807) is 27.7 Å². The van der Waals surface area contributed by atoms with Crippen molar-refractivity contribution >= 4 is 17.8 Å². The molecule has 1 aliphatic carbocycles. The second-order valence-electron chi connectivity index (χ2n) is 9.13. The first-order valence-corrected chi connectivity index (χ1v) is 9.78. The van der Waals surface area contributed by atoms with Crippen LogP contribution in [0, 0.1) is 18.3 Å². The molecular weight excluding hydrogens is 401 g/mol. The molecule has 4 atom stereocenters. The maximum atomic E-state index is 13.0. The molecule has 1 aliphatic heterocycles. The van der Waals surface area contributed by atoms with Crippen LogP contribution in [0.1, 0.15) is 45.4 Å². The minimum atomic E-state index is -4.64. The molecular formula is C20H27F3N4O3. The number of aromatic nitrogens is 1. The Kier molecular flexibility index (Phi) is 5.29. The van der Waals surface area contributed by atoms with Gasteiger partial charge in [0.2, 0.25) is 5.91 Å². The SMILES string of the molecule is Cc1ccc(C(F)(F)F)nc1NC(=O)[C@@H]1C[C@@]2(CN)[C@@H](C)[C@H]2N1C(=O)OC(C)(C)C. The van der Waals surface area contributed by atoms with Crippen molar-refractivity contribution in [1.29, 1.82) is 0 Å². The average Bonchev–Trinajstić information content (AvgIpc) is 3.00. The molecule has 2 amide bonds. The normalized spacial score (nSPS) is 28.2. The first kappa shape index (κ1) is 22.3. The first-order valence-electron chi connectivity index (χ1n) is 9.78. The number of anilines is 1. The molecule has 0 aromatic carbocycles. The van der Waals surface area contributed by atoms with Crippen molar-refractivity contribution < 1.29 is 27.5 Å². The van der Waals surface area contributed by atoms with Gasteiger partial charge in [-0.3, -0.25) is 9.69 Å². The zero-order chi connectivity index (χ0) is 22.6. The highest BCUT2D eigenvalue weighted by Crippen LogP contribution is 2.63. The summed E-state index contributed by atoms with van der Waals surface area (Å²) in [6, 6.07) is 0.949. The molecule has 0 spiro atoms. The number of hydrogen-bond acceptors (Lipinski definition) is 5. The molecule has 30 heavy (non-hydrogen) atoms. The standard InChI is InChI=1S/C20H27F3N4O3/c1-10-6-7-13(20(21,22)23)25-15(10)26-16(28)12-8-19(9-24)11(2)14(19)27(12)17(29)30-18(3,4)5/h6-7,11-12,14H,8-9,24H2,1-5H3,(H,25,26,28)/t11-,12-,14+,19+/m0/s1. The van der Waals surface area contributed by atoms with Crippen LogP contribution in [0.4, 0.5) is 23.8 Å². The maximum Gasteiger partial charge on any atom is 0.433 e. The number of nitrogens with zero attached hydrogens (tertiary/aromatic N) is 2. The molecule has 1 saturated heterocycles. The summed E-state index contributed by atoms with van der Waals surface area (Å²) in [4.78, 5) is 30.8. The summed E-state index contributed by atoms with van der Waals surface area (Å²) in [6.45, 7) is 8.96. The number of carbonyl (C=O) groups is 2. The molecule has 0 radical (unpaired) electrons. The number of fused-ring (bicyclic) bond motifs is 1. The first-order chi connectivity index (χ1) is 13.7. The molecule has 3 rings (SSSR count). The Hall–Kier alpha value is -2.36. The van der Waals surface area contributed by atoms with E-state index in [2.05, 4.69) is 10.3 Å². The van der Waals surface area contributed by atoms with Crippen LogP contribution < -0.4 is 11.1 Å². The molecule has 7 nitrogen and oxygen atoms in total. The molecule has 1 aromatic heterocycles. The van der Waals surface area contributed by atoms with Crippen molar-refractivity contribution in [2.45, 2.75) is 64.9 Å². The van der Waals surface area contributed by atoms with Gasteiger partial charge in [-0.15, -0.1) is 0 Å². The molecule has 0 unspecified atom stereocenters. The van der Waals surface area contributed by atoms with Crippen LogP contribution in [-0.2, 0) is 15.7 Å². The number of amides is 2. The number of nitrogens with two attached hydrogens (primary N) is 1. The minimum Gasteiger partial charge on any atom is -0.444 e. The molecule has 3 N–H and O–H groups in total. The van der Waals surface area contributed by atoms with Gasteiger partial charge in [0.1, 0.15) is 23.2 Å². The second kappa shape index (κ2) is 7.11. The third kappa shape index (κ3) is 3.84. The molecule has 2 fully saturated rings. The molecule has 1 aromatic rings. The molecule has 0 bridgehead atoms. The maximum absolute atomic E-state index is 13.0. The molecule has 166 valence electrons. The Morgan fingerprint density at radius 3 is 2.50 bits per heavy atom. The molecule has 2 heterocycles. The summed E-state index contributed by atoms with van der Waals surface area (Å²) in [5.41, 5.74) is 4.07. The van der Waals surface area contributed by atoms with E-state index in [-0.39, 0.29) is 17.8 Å². The van der Waals surface area contributed by atoms with Crippen molar-refractivity contribution in [2.24, 2.45) is 17.1 Å². The van der Waals surface area contributed by atoms with Crippen LogP contribution in [0.15, 0.2) is 12.1 Å². The summed E-state index contributed by atoms with van der Waals surface area (Å²) in [6.07, 6.45) is -4.96. The van der Waals surface area contributed by atoms with Gasteiger partial charge >= 0.3 is 12.3 Å². The third-order valence-corrected chi connectivity index (χ3v) is 5.99. The summed E-state index contributed by atoms with van der Waals surface area (Å²) < 4.78 is 44.5. The van der Waals surface area contributed by atoms with Crippen molar-refractivity contribution in [3.63, 3.8) is 0 Å². The fourth-order valence-corrected chi connectivity index (χ4v) is 4.33. The van der Waals surface area contributed by atoms with Crippen LogP contribution >= 0.6 is 0 Å². The smallest absolute Gasteiger partial charge is 0.433 e. The number of alkyl halides is 3. The van der Waals surface area contributed by atoms with E-state index in [1.807, 2.05) is 6.92 Å². The lowest BCUT2D eigenvalue weighted by molar-refractivity contribution is -0.141. The van der Waals surface area contributed by atoms with E-state index < -0.39 is 40.9 Å². The topological polar surface area (TPSA) is 97.5 Å². The number of halogens is 3. The highest BCUT2D eigenvalue weighted by molar-refractivity contribution is 5.97. The number of likely N-dealkylation sites (tertiary alicyclic amines) is 1. The lowest BCUT2D eigenvalue weighted by atomic mass is 9.96. The van der Waals surface area contributed by atoms with Gasteiger partial charge in [-0.2, -0.15) is 13.2 Å². The summed E-state index contributed by atoms with van der Waals surface area (Å²) in [5, 5.41) is 2.47. The van der Waals surface area contributed by atoms with Crippen LogP contribution in [-0.4, -0.2) is 46.1 Å². The molecule has 1 saturated carbocycles. The van der Waals surface area contributed by atoms with Crippen LogP contribution in [0.3, 0.4) is 0 Å². The monoisotopic (exact) mass is 428 g/mol. The highest BCUT2D eigenvalue weighted by atomic mass is 19.4. The minimum absolute atomic E-state index is 0.104. The fourth-order valence-electron chi connectivity index (χ4n) is 4.33. The number of pyridine rings is 1. The summed E-state index contributed by atoms with van der Waals surface area (Å²) in [7, 11) is 0. The Morgan fingerprint density at radius 2 is 1.97 bits per heavy atom. The Morgan fingerprint density at radius 1 is 1.33 bits per heavy atom. The van der Waals surface area contributed by atoms with Gasteiger partial charge in [-0.1, -0.05) is 13.0 Å². The fraction of sp³-hybridized carbons (Fsp3) is 0.650. The van der Waals surface area contributed by atoms with Gasteiger partial charge in [-0.25, -0.2) is 9.78 Å². The lowest BCUT2D eigenvalue weighted by Gasteiger charge is -2.30. The number of carbonyl (C=O) groups excluding carboxylic acids is 2. The van der Waals surface area contributed by atoms with Gasteiger partial charge < -0.3 is 15.8 Å². The molecule has 2 aliphatic rings. The summed E-state index contributed by atoms with van der Waals surface area (Å²) in [5.74, 6) is -0.690. The van der Waals surface area contributed by atoms with E-state index in [9.17, 15) is 22.8 Å². The van der Waals surface area contributed by atoms with Crippen LogP contribution in [0.2, 0.25) is 0 Å². The lowest BCUT2D eigenvalue weighted by Crippen LogP contribution is -2.48. The number of nitrogens with one attached hydrogen (secondary N) is 1. The van der Waals surface area contributed by atoms with Gasteiger partial charge in [0.15, 0.2) is 0 Å². The van der Waals surface area contributed by atoms with Crippen molar-refractivity contribution in [3.05, 3.63) is 23.4 Å². The second-order valence-corrected chi connectivity index (χ2v) is 9.13. The van der Waals surface area contributed by atoms with Crippen LogP contribution in [0.25, 0.3) is 0 Å². The number of aryl methyl sites for hydroxylation is 1. The van der Waals surface area contributed by atoms with Gasteiger partial charge in [-0.05, 0) is 51.7 Å². The van der Waals surface area contributed by atoms with E-state index in [0.29, 0.717) is 18.5 Å². The largest absolute Gasteiger partial charge is 0.444 e. The number of piperidine rings is 1. The van der Waals surface area contributed by atoms with Crippen LogP contribution in [0.5, 0.6) is 0 Å². The zero-order valence-corrected chi connectivity index (χ0v) is 17.6. The van der Waals surface area contributed by atoms with Gasteiger partial charge in [0.25, 0.3) is 0 Å². The predicted molar refractivity (Wildman–Crippen MR) is 104 cm³/mol. The quantitative estimate of drug-likeness (QED) is 0.770. The number of ether oxygens (including phenoxy) is 1. The van der Waals surface area contributed by atoms with E-state index in [0.717, 1.165) is 6.07 Å². The van der Waals surface area contributed by atoms with Gasteiger partial charge in [0.05, 0.1) is 0 Å². The Bertz CT molecular complexity index is 868. The van der Waals surface area contributed by atoms with Crippen molar-refractivity contribution in [3.8, 4) is 0 Å². The van der Waals surface area contributed by atoms with E-state index >= 15 is 0 Å². The third-order valence-electron chi connectivity index (χ3n) is 5.99. The highest BCUT2D eigenvalue weighted by Gasteiger charge is 2.72.